The number of nitrogens with one attached hydrogen (secondary N) is 1. The summed E-state index contributed by atoms with van der Waals surface area (Å²) in [4.78, 5) is 0. The molecule has 1 fully saturated rings. The van der Waals surface area contributed by atoms with Gasteiger partial charge in [-0.3, -0.25) is 0 Å². The van der Waals surface area contributed by atoms with Crippen LogP contribution in [-0.4, -0.2) is 6.54 Å². The van der Waals surface area contributed by atoms with Crippen LogP contribution in [0.2, 0.25) is 0 Å². The Balaban J connectivity index is 2.08. The molecule has 68 valence electrons. The van der Waals surface area contributed by atoms with Gasteiger partial charge in [0.15, 0.2) is 0 Å². The lowest BCUT2D eigenvalue weighted by Crippen LogP contribution is -2.23. The third-order valence-electron chi connectivity index (χ3n) is 3.33. The lowest BCUT2D eigenvalue weighted by molar-refractivity contribution is 0.287. The van der Waals surface area contributed by atoms with Gasteiger partial charge >= 0.3 is 0 Å². The smallest absolute Gasteiger partial charge is 0.0396 e. The molecule has 4 rings (SSSR count). The van der Waals surface area contributed by atoms with Crippen molar-refractivity contribution in [2.45, 2.75) is 18.8 Å². The molecule has 0 aromatic heterocycles. The van der Waals surface area contributed by atoms with E-state index >= 15 is 0 Å². The summed E-state index contributed by atoms with van der Waals surface area (Å²) >= 11 is 0. The molecule has 3 aliphatic rings. The van der Waals surface area contributed by atoms with Crippen LogP contribution >= 0.6 is 0 Å². The van der Waals surface area contributed by atoms with Gasteiger partial charge < -0.3 is 11.1 Å². The monoisotopic (exact) mass is 174 g/mol. The van der Waals surface area contributed by atoms with Crippen molar-refractivity contribution >= 4 is 11.4 Å². The third-order valence-corrected chi connectivity index (χ3v) is 3.33. The molecule has 0 saturated heterocycles. The van der Waals surface area contributed by atoms with E-state index in [1.54, 1.807) is 0 Å². The van der Waals surface area contributed by atoms with Gasteiger partial charge in [0.1, 0.15) is 0 Å². The summed E-state index contributed by atoms with van der Waals surface area (Å²) in [7, 11) is 0. The van der Waals surface area contributed by atoms with Crippen LogP contribution in [0.25, 0.3) is 0 Å². The molecule has 1 aromatic carbocycles. The van der Waals surface area contributed by atoms with Gasteiger partial charge in [-0.2, -0.15) is 0 Å². The Morgan fingerprint density at radius 1 is 1.31 bits per heavy atom. The fourth-order valence-corrected chi connectivity index (χ4v) is 2.49. The summed E-state index contributed by atoms with van der Waals surface area (Å²) in [6.07, 6.45) is 2.73. The number of anilines is 2. The number of hydrogen-bond acceptors (Lipinski definition) is 2. The predicted molar refractivity (Wildman–Crippen MR) is 54.8 cm³/mol. The highest BCUT2D eigenvalue weighted by molar-refractivity contribution is 5.62. The van der Waals surface area contributed by atoms with Gasteiger partial charge in [0, 0.05) is 17.9 Å². The number of fused-ring (bicyclic) bond motifs is 1. The van der Waals surface area contributed by atoms with Crippen LogP contribution in [0.3, 0.4) is 0 Å². The molecule has 1 saturated carbocycles. The molecule has 0 amide bonds. The van der Waals surface area contributed by atoms with E-state index in [4.69, 9.17) is 5.73 Å². The van der Waals surface area contributed by atoms with Crippen LogP contribution in [0, 0.1) is 5.92 Å². The highest BCUT2D eigenvalue weighted by atomic mass is 14.9. The van der Waals surface area contributed by atoms with Gasteiger partial charge in [0.25, 0.3) is 0 Å². The molecule has 3 N–H and O–H groups in total. The number of benzene rings is 1. The maximum absolute atomic E-state index is 5.75. The molecule has 1 aromatic rings. The molecule has 0 unspecified atom stereocenters. The fraction of sp³-hybridized carbons (Fsp3) is 0.455. The van der Waals surface area contributed by atoms with Crippen molar-refractivity contribution in [3.8, 4) is 0 Å². The van der Waals surface area contributed by atoms with Crippen LogP contribution in [0.5, 0.6) is 0 Å². The Bertz CT molecular complexity index is 340. The summed E-state index contributed by atoms with van der Waals surface area (Å²) < 4.78 is 0. The van der Waals surface area contributed by atoms with Crippen molar-refractivity contribution in [2.75, 3.05) is 17.6 Å². The highest BCUT2D eigenvalue weighted by Crippen LogP contribution is 2.47. The topological polar surface area (TPSA) is 38.0 Å². The Kier molecular flexibility index (Phi) is 1.34. The second kappa shape index (κ2) is 2.41. The summed E-state index contributed by atoms with van der Waals surface area (Å²) in [6.45, 7) is 1.13. The zero-order valence-corrected chi connectivity index (χ0v) is 7.59. The number of nitrogen functional groups attached to an aromatic ring is 1. The average molecular weight is 174 g/mol. The second-order valence-electron chi connectivity index (χ2n) is 4.26. The molecule has 13 heavy (non-hydrogen) atoms. The summed E-state index contributed by atoms with van der Waals surface area (Å²) in [5, 5.41) is 3.48. The Labute approximate surface area is 78.1 Å². The van der Waals surface area contributed by atoms with Crippen molar-refractivity contribution in [3.05, 3.63) is 23.8 Å². The molecule has 2 bridgehead atoms. The van der Waals surface area contributed by atoms with E-state index in [1.807, 2.05) is 6.07 Å². The zero-order chi connectivity index (χ0) is 8.84. The molecule has 2 aliphatic heterocycles. The maximum atomic E-state index is 5.75. The standard InChI is InChI=1S/C11H14N2/c12-9-1-2-10-8-3-7(4-8)6-13-11(10)5-9/h1-2,5,7-8,13H,3-4,6,12H2. The lowest BCUT2D eigenvalue weighted by Gasteiger charge is -2.32. The third kappa shape index (κ3) is 1.01. The van der Waals surface area contributed by atoms with Crippen LogP contribution in [0.4, 0.5) is 11.4 Å². The molecule has 2 heterocycles. The molecule has 0 atom stereocenters. The molecular formula is C11H14N2. The van der Waals surface area contributed by atoms with Crippen molar-refractivity contribution in [3.63, 3.8) is 0 Å². The largest absolute Gasteiger partial charge is 0.399 e. The van der Waals surface area contributed by atoms with Gasteiger partial charge in [0.05, 0.1) is 0 Å². The molecule has 2 heteroatoms. The Morgan fingerprint density at radius 3 is 3.00 bits per heavy atom. The van der Waals surface area contributed by atoms with Crippen LogP contribution < -0.4 is 11.1 Å². The van der Waals surface area contributed by atoms with E-state index in [9.17, 15) is 0 Å². The summed E-state index contributed by atoms with van der Waals surface area (Å²) in [6, 6.07) is 6.26. The van der Waals surface area contributed by atoms with E-state index in [-0.39, 0.29) is 0 Å². The minimum Gasteiger partial charge on any atom is -0.399 e. The Hall–Kier alpha value is -1.18. The normalized spacial score (nSPS) is 29.5. The quantitative estimate of drug-likeness (QED) is 0.592. The minimum atomic E-state index is 0.801. The molecule has 0 spiro atoms. The number of nitrogens with two attached hydrogens (primary N) is 1. The Morgan fingerprint density at radius 2 is 2.15 bits per heavy atom. The highest BCUT2D eigenvalue weighted by Gasteiger charge is 2.34. The molecular weight excluding hydrogens is 160 g/mol. The lowest BCUT2D eigenvalue weighted by atomic mass is 9.72. The summed E-state index contributed by atoms with van der Waals surface area (Å²) in [5.41, 5.74) is 9.36. The van der Waals surface area contributed by atoms with Crippen LogP contribution in [0.1, 0.15) is 24.3 Å². The second-order valence-corrected chi connectivity index (χ2v) is 4.26. The van der Waals surface area contributed by atoms with E-state index in [1.165, 1.54) is 24.1 Å². The van der Waals surface area contributed by atoms with Crippen molar-refractivity contribution in [1.29, 1.82) is 0 Å². The van der Waals surface area contributed by atoms with Crippen LogP contribution in [-0.2, 0) is 0 Å². The zero-order valence-electron chi connectivity index (χ0n) is 7.59. The molecule has 0 radical (unpaired) electrons. The van der Waals surface area contributed by atoms with E-state index < -0.39 is 0 Å². The van der Waals surface area contributed by atoms with Gasteiger partial charge in [0.2, 0.25) is 0 Å². The fourth-order valence-electron chi connectivity index (χ4n) is 2.49. The van der Waals surface area contributed by atoms with Crippen molar-refractivity contribution < 1.29 is 0 Å². The van der Waals surface area contributed by atoms with Gasteiger partial charge in [-0.15, -0.1) is 0 Å². The molecule has 2 nitrogen and oxygen atoms in total. The first-order valence-corrected chi connectivity index (χ1v) is 4.96. The first kappa shape index (κ1) is 7.25. The SMILES string of the molecule is Nc1ccc2c(c1)NCC1CC2C1. The van der Waals surface area contributed by atoms with Crippen LogP contribution in [0.15, 0.2) is 18.2 Å². The average Bonchev–Trinajstić information content (AvgIpc) is 2.29. The first-order valence-electron chi connectivity index (χ1n) is 4.96. The molecule has 1 aliphatic carbocycles. The maximum Gasteiger partial charge on any atom is 0.0396 e. The van der Waals surface area contributed by atoms with Crippen molar-refractivity contribution in [2.24, 2.45) is 5.92 Å². The number of rotatable bonds is 0. The first-order chi connectivity index (χ1) is 6.33. The van der Waals surface area contributed by atoms with Crippen molar-refractivity contribution in [1.82, 2.24) is 0 Å². The van der Waals surface area contributed by atoms with Gasteiger partial charge in [-0.1, -0.05) is 6.07 Å². The van der Waals surface area contributed by atoms with E-state index in [0.717, 1.165) is 24.1 Å². The predicted octanol–water partition coefficient (Wildman–Crippen LogP) is 2.19. The van der Waals surface area contributed by atoms with E-state index in [2.05, 4.69) is 17.4 Å². The summed E-state index contributed by atoms with van der Waals surface area (Å²) in [5.74, 6) is 1.70. The minimum absolute atomic E-state index is 0.801. The number of hydrogen-bond donors (Lipinski definition) is 2. The van der Waals surface area contributed by atoms with Gasteiger partial charge in [-0.25, -0.2) is 0 Å². The van der Waals surface area contributed by atoms with Gasteiger partial charge in [-0.05, 0) is 42.4 Å². The van der Waals surface area contributed by atoms with E-state index in [0.29, 0.717) is 0 Å².